The van der Waals surface area contributed by atoms with Crippen LogP contribution in [0.3, 0.4) is 0 Å². The first kappa shape index (κ1) is 31.6. The predicted octanol–water partition coefficient (Wildman–Crippen LogP) is 7.71. The number of piperidine rings is 1. The summed E-state index contributed by atoms with van der Waals surface area (Å²) in [6.07, 6.45) is 0.154. The molecule has 1 saturated heterocycles. The fraction of sp³-hybridized carbons (Fsp3) is 0.471. The standard InChI is InChI=1S/C34H44N2O5Si/c1-34(2,3)41-33(37)36-16-15-30(27-13-11-25(21-35)12-14-27)32(22-36)39-23-26-19-28-9-7-8-10-29(28)31(20-26)40-24-38-17-18-42(4,5)6/h7-14,19-20,30,32H,15-18,22-24H2,1-6H3. The third kappa shape index (κ3) is 9.06. The van der Waals surface area contributed by atoms with Crippen LogP contribution in [-0.4, -0.2) is 57.3 Å². The van der Waals surface area contributed by atoms with Crippen molar-refractivity contribution < 1.29 is 23.7 Å². The molecular weight excluding hydrogens is 544 g/mol. The van der Waals surface area contributed by atoms with Crippen molar-refractivity contribution in [1.29, 1.82) is 5.26 Å². The van der Waals surface area contributed by atoms with Gasteiger partial charge in [0.15, 0.2) is 6.79 Å². The summed E-state index contributed by atoms with van der Waals surface area (Å²) in [5.74, 6) is 0.842. The molecule has 0 radical (unpaired) electrons. The molecule has 0 saturated carbocycles. The van der Waals surface area contributed by atoms with E-state index in [1.807, 2.05) is 63.2 Å². The number of nitriles is 1. The highest BCUT2D eigenvalue weighted by molar-refractivity contribution is 6.76. The van der Waals surface area contributed by atoms with Crippen molar-refractivity contribution in [2.24, 2.45) is 0 Å². The number of ether oxygens (including phenoxy) is 4. The van der Waals surface area contributed by atoms with Crippen LogP contribution in [-0.2, 0) is 20.8 Å². The third-order valence-electron chi connectivity index (χ3n) is 7.32. The molecule has 7 nitrogen and oxygen atoms in total. The lowest BCUT2D eigenvalue weighted by Crippen LogP contribution is -2.48. The number of benzene rings is 3. The van der Waals surface area contributed by atoms with E-state index in [0.29, 0.717) is 31.9 Å². The molecule has 0 aliphatic carbocycles. The number of hydrogen-bond donors (Lipinski definition) is 0. The molecule has 3 aromatic rings. The van der Waals surface area contributed by atoms with Crippen LogP contribution in [0.25, 0.3) is 10.8 Å². The molecular formula is C34H44N2O5Si. The first-order valence-electron chi connectivity index (χ1n) is 14.7. The fourth-order valence-corrected chi connectivity index (χ4v) is 5.80. The Balaban J connectivity index is 1.51. The van der Waals surface area contributed by atoms with Crippen LogP contribution < -0.4 is 4.74 Å². The summed E-state index contributed by atoms with van der Waals surface area (Å²) in [6, 6.07) is 23.2. The summed E-state index contributed by atoms with van der Waals surface area (Å²) in [4.78, 5) is 14.7. The summed E-state index contributed by atoms with van der Waals surface area (Å²) >= 11 is 0. The van der Waals surface area contributed by atoms with Crippen LogP contribution in [0.1, 0.15) is 49.8 Å². The van der Waals surface area contributed by atoms with Crippen molar-refractivity contribution in [2.75, 3.05) is 26.5 Å². The topological polar surface area (TPSA) is 81.0 Å². The van der Waals surface area contributed by atoms with E-state index in [1.54, 1.807) is 4.90 Å². The first-order valence-corrected chi connectivity index (χ1v) is 18.4. The maximum atomic E-state index is 12.9. The number of fused-ring (bicyclic) bond motifs is 1. The van der Waals surface area contributed by atoms with Crippen LogP contribution >= 0.6 is 0 Å². The summed E-state index contributed by atoms with van der Waals surface area (Å²) in [6.45, 7) is 14.9. The molecule has 0 aromatic heterocycles. The largest absolute Gasteiger partial charge is 0.467 e. The zero-order chi connectivity index (χ0) is 30.3. The third-order valence-corrected chi connectivity index (χ3v) is 9.02. The van der Waals surface area contributed by atoms with E-state index in [1.165, 1.54) is 0 Å². The quantitative estimate of drug-likeness (QED) is 0.137. The van der Waals surface area contributed by atoms with Gasteiger partial charge in [0.1, 0.15) is 11.4 Å². The van der Waals surface area contributed by atoms with Gasteiger partial charge in [0.2, 0.25) is 0 Å². The van der Waals surface area contributed by atoms with Gasteiger partial charge in [-0.15, -0.1) is 0 Å². The summed E-state index contributed by atoms with van der Waals surface area (Å²) < 4.78 is 24.2. The number of nitrogens with zero attached hydrogens (tertiary/aromatic N) is 2. The van der Waals surface area contributed by atoms with Crippen LogP contribution in [0.5, 0.6) is 5.75 Å². The Morgan fingerprint density at radius 3 is 2.50 bits per heavy atom. The molecule has 0 bridgehead atoms. The van der Waals surface area contributed by atoms with Crippen molar-refractivity contribution >= 4 is 24.9 Å². The number of amides is 1. The molecule has 1 amide bonds. The van der Waals surface area contributed by atoms with E-state index in [-0.39, 0.29) is 24.9 Å². The van der Waals surface area contributed by atoms with E-state index in [2.05, 4.69) is 43.9 Å². The monoisotopic (exact) mass is 588 g/mol. The Bertz CT molecular complexity index is 1390. The van der Waals surface area contributed by atoms with Gasteiger partial charge in [-0.1, -0.05) is 56.0 Å². The Hall–Kier alpha value is -3.38. The molecule has 1 heterocycles. The second-order valence-electron chi connectivity index (χ2n) is 13.2. The minimum absolute atomic E-state index is 0.0763. The minimum atomic E-state index is -1.17. The Morgan fingerprint density at radius 2 is 1.81 bits per heavy atom. The molecule has 2 atom stereocenters. The van der Waals surface area contributed by atoms with Gasteiger partial charge in [0, 0.05) is 32.5 Å². The molecule has 4 rings (SSSR count). The Kier molecular flexibility index (Phi) is 10.3. The predicted molar refractivity (Wildman–Crippen MR) is 168 cm³/mol. The summed E-state index contributed by atoms with van der Waals surface area (Å²) in [5.41, 5.74) is 2.13. The highest BCUT2D eigenvalue weighted by Gasteiger charge is 2.35. The smallest absolute Gasteiger partial charge is 0.410 e. The minimum Gasteiger partial charge on any atom is -0.467 e. The zero-order valence-corrected chi connectivity index (χ0v) is 26.8. The van der Waals surface area contributed by atoms with Crippen molar-refractivity contribution in [1.82, 2.24) is 4.90 Å². The van der Waals surface area contributed by atoms with Crippen molar-refractivity contribution in [3.63, 3.8) is 0 Å². The van der Waals surface area contributed by atoms with Gasteiger partial charge < -0.3 is 23.8 Å². The number of likely N-dealkylation sites (tertiary alicyclic amines) is 1. The summed E-state index contributed by atoms with van der Waals surface area (Å²) in [5, 5.41) is 11.3. The highest BCUT2D eigenvalue weighted by atomic mass is 28.3. The molecule has 0 N–H and O–H groups in total. The highest BCUT2D eigenvalue weighted by Crippen LogP contribution is 2.33. The second kappa shape index (κ2) is 13.7. The molecule has 8 heteroatoms. The molecule has 2 unspecified atom stereocenters. The van der Waals surface area contributed by atoms with Gasteiger partial charge in [0.25, 0.3) is 0 Å². The van der Waals surface area contributed by atoms with Gasteiger partial charge in [0.05, 0.1) is 30.9 Å². The first-order chi connectivity index (χ1) is 19.9. The van der Waals surface area contributed by atoms with E-state index in [4.69, 9.17) is 18.9 Å². The molecule has 1 aliphatic heterocycles. The lowest BCUT2D eigenvalue weighted by atomic mass is 9.86. The zero-order valence-electron chi connectivity index (χ0n) is 25.8. The van der Waals surface area contributed by atoms with Crippen LogP contribution in [0.4, 0.5) is 4.79 Å². The van der Waals surface area contributed by atoms with Gasteiger partial charge in [-0.25, -0.2) is 4.79 Å². The van der Waals surface area contributed by atoms with E-state index < -0.39 is 13.7 Å². The lowest BCUT2D eigenvalue weighted by molar-refractivity contribution is -0.0360. The van der Waals surface area contributed by atoms with Crippen LogP contribution in [0.2, 0.25) is 25.7 Å². The summed E-state index contributed by atoms with van der Waals surface area (Å²) in [7, 11) is -1.17. The van der Waals surface area contributed by atoms with Gasteiger partial charge >= 0.3 is 6.09 Å². The molecule has 1 aliphatic rings. The van der Waals surface area contributed by atoms with Crippen molar-refractivity contribution in [3.05, 3.63) is 77.4 Å². The Labute approximate surface area is 251 Å². The molecule has 224 valence electrons. The normalized spacial score (nSPS) is 17.6. The van der Waals surface area contributed by atoms with E-state index in [0.717, 1.165) is 40.1 Å². The average molecular weight is 589 g/mol. The fourth-order valence-electron chi connectivity index (χ4n) is 5.05. The van der Waals surface area contributed by atoms with Gasteiger partial charge in [-0.3, -0.25) is 0 Å². The number of rotatable bonds is 10. The van der Waals surface area contributed by atoms with Gasteiger partial charge in [-0.2, -0.15) is 5.26 Å². The van der Waals surface area contributed by atoms with Crippen LogP contribution in [0.15, 0.2) is 60.7 Å². The van der Waals surface area contributed by atoms with E-state index in [9.17, 15) is 10.1 Å². The van der Waals surface area contributed by atoms with E-state index >= 15 is 0 Å². The maximum absolute atomic E-state index is 12.9. The number of carbonyl (C=O) groups excluding carboxylic acids is 1. The van der Waals surface area contributed by atoms with Gasteiger partial charge in [-0.05, 0) is 74.0 Å². The molecule has 42 heavy (non-hydrogen) atoms. The lowest BCUT2D eigenvalue weighted by Gasteiger charge is -2.39. The van der Waals surface area contributed by atoms with Crippen LogP contribution in [0, 0.1) is 11.3 Å². The maximum Gasteiger partial charge on any atom is 0.410 e. The van der Waals surface area contributed by atoms with Crippen molar-refractivity contribution in [2.45, 2.75) is 77.1 Å². The SMILES string of the molecule is CC(C)(C)OC(=O)N1CCC(c2ccc(C#N)cc2)C(OCc2cc(OCOCC[Si](C)(C)C)c3ccccc3c2)C1. The van der Waals surface area contributed by atoms with Crippen molar-refractivity contribution in [3.8, 4) is 11.8 Å². The number of carbonyl (C=O) groups is 1. The number of hydrogen-bond acceptors (Lipinski definition) is 6. The molecule has 3 aromatic carbocycles. The second-order valence-corrected chi connectivity index (χ2v) is 18.8. The molecule has 1 fully saturated rings. The molecule has 0 spiro atoms. The Morgan fingerprint density at radius 1 is 1.07 bits per heavy atom. The average Bonchev–Trinajstić information content (AvgIpc) is 2.94.